The second-order valence-corrected chi connectivity index (χ2v) is 8.01. The van der Waals surface area contributed by atoms with E-state index < -0.39 is 0 Å². The Kier molecular flexibility index (Phi) is 6.36. The minimum Gasteiger partial charge on any atom is -0.330 e. The van der Waals surface area contributed by atoms with Crippen LogP contribution in [0.2, 0.25) is 0 Å². The summed E-state index contributed by atoms with van der Waals surface area (Å²) in [4.78, 5) is 0. The van der Waals surface area contributed by atoms with Crippen molar-refractivity contribution >= 4 is 11.8 Å². The van der Waals surface area contributed by atoms with Crippen LogP contribution < -0.4 is 5.73 Å². The summed E-state index contributed by atoms with van der Waals surface area (Å²) in [6.45, 7) is 10.4. The van der Waals surface area contributed by atoms with Gasteiger partial charge in [0.1, 0.15) is 0 Å². The normalized spacial score (nSPS) is 30.5. The molecule has 1 nitrogen and oxygen atoms in total. The van der Waals surface area contributed by atoms with Crippen molar-refractivity contribution in [2.75, 3.05) is 18.1 Å². The fourth-order valence-corrected chi connectivity index (χ4v) is 3.91. The zero-order chi connectivity index (χ0) is 12.9. The molecule has 1 fully saturated rings. The smallest absolute Gasteiger partial charge is 0.00462 e. The Morgan fingerprint density at radius 3 is 2.41 bits per heavy atom. The fraction of sp³-hybridized carbons (Fsp3) is 1.00. The van der Waals surface area contributed by atoms with Gasteiger partial charge < -0.3 is 5.73 Å². The molecule has 0 radical (unpaired) electrons. The van der Waals surface area contributed by atoms with Gasteiger partial charge in [0.25, 0.3) is 0 Å². The van der Waals surface area contributed by atoms with E-state index in [1.165, 1.54) is 37.2 Å². The van der Waals surface area contributed by atoms with E-state index in [1.807, 2.05) is 0 Å². The predicted octanol–water partition coefficient (Wildman–Crippen LogP) is 4.17. The topological polar surface area (TPSA) is 26.0 Å². The Morgan fingerprint density at radius 2 is 1.88 bits per heavy atom. The molecular formula is C15H31NS. The molecule has 0 aliphatic heterocycles. The Labute approximate surface area is 112 Å². The minimum atomic E-state index is 0.482. The van der Waals surface area contributed by atoms with E-state index in [9.17, 15) is 0 Å². The van der Waals surface area contributed by atoms with Crippen molar-refractivity contribution in [1.29, 1.82) is 0 Å². The molecule has 0 amide bonds. The van der Waals surface area contributed by atoms with Gasteiger partial charge in [-0.3, -0.25) is 0 Å². The monoisotopic (exact) mass is 257 g/mol. The van der Waals surface area contributed by atoms with Crippen LogP contribution in [0.25, 0.3) is 0 Å². The van der Waals surface area contributed by atoms with Crippen molar-refractivity contribution in [2.24, 2.45) is 28.9 Å². The molecule has 0 saturated heterocycles. The highest BCUT2D eigenvalue weighted by atomic mass is 32.2. The maximum atomic E-state index is 5.95. The van der Waals surface area contributed by atoms with Crippen LogP contribution in [-0.2, 0) is 0 Å². The third kappa shape index (κ3) is 4.82. The van der Waals surface area contributed by atoms with Crippen LogP contribution in [0.15, 0.2) is 0 Å². The van der Waals surface area contributed by atoms with Gasteiger partial charge in [-0.15, -0.1) is 0 Å². The van der Waals surface area contributed by atoms with Crippen molar-refractivity contribution in [3.8, 4) is 0 Å². The van der Waals surface area contributed by atoms with Gasteiger partial charge >= 0.3 is 0 Å². The van der Waals surface area contributed by atoms with Crippen LogP contribution in [0.5, 0.6) is 0 Å². The highest BCUT2D eigenvalue weighted by molar-refractivity contribution is 7.99. The van der Waals surface area contributed by atoms with Crippen molar-refractivity contribution in [3.05, 3.63) is 0 Å². The second-order valence-electron chi connectivity index (χ2n) is 6.62. The second kappa shape index (κ2) is 7.04. The van der Waals surface area contributed by atoms with Crippen molar-refractivity contribution in [2.45, 2.75) is 53.4 Å². The van der Waals surface area contributed by atoms with E-state index in [0.29, 0.717) is 5.41 Å². The van der Waals surface area contributed by atoms with Gasteiger partial charge in [-0.25, -0.2) is 0 Å². The van der Waals surface area contributed by atoms with E-state index in [4.69, 9.17) is 5.73 Å². The minimum absolute atomic E-state index is 0.482. The summed E-state index contributed by atoms with van der Waals surface area (Å²) in [5, 5.41) is 0. The van der Waals surface area contributed by atoms with Gasteiger partial charge in [0.05, 0.1) is 0 Å². The third-order valence-electron chi connectivity index (χ3n) is 4.50. The molecule has 102 valence electrons. The van der Waals surface area contributed by atoms with E-state index >= 15 is 0 Å². The molecule has 0 aromatic heterocycles. The summed E-state index contributed by atoms with van der Waals surface area (Å²) >= 11 is 2.08. The van der Waals surface area contributed by atoms with Crippen molar-refractivity contribution in [1.82, 2.24) is 0 Å². The first-order valence-electron chi connectivity index (χ1n) is 7.26. The fourth-order valence-electron chi connectivity index (χ4n) is 3.16. The zero-order valence-corrected chi connectivity index (χ0v) is 13.0. The van der Waals surface area contributed by atoms with Crippen molar-refractivity contribution in [3.63, 3.8) is 0 Å². The number of thioether (sulfide) groups is 1. The van der Waals surface area contributed by atoms with Crippen LogP contribution in [0, 0.1) is 23.2 Å². The summed E-state index contributed by atoms with van der Waals surface area (Å²) in [6, 6.07) is 0. The Bertz CT molecular complexity index is 209. The summed E-state index contributed by atoms with van der Waals surface area (Å²) in [7, 11) is 0. The van der Waals surface area contributed by atoms with Crippen LogP contribution in [0.4, 0.5) is 0 Å². The lowest BCUT2D eigenvalue weighted by molar-refractivity contribution is 0.0996. The summed E-state index contributed by atoms with van der Waals surface area (Å²) in [6.07, 6.45) is 5.55. The molecule has 0 bridgehead atoms. The lowest BCUT2D eigenvalue weighted by Crippen LogP contribution is -2.35. The summed E-state index contributed by atoms with van der Waals surface area (Å²) in [5.74, 6) is 5.17. The Morgan fingerprint density at radius 1 is 1.18 bits per heavy atom. The maximum absolute atomic E-state index is 5.95. The largest absolute Gasteiger partial charge is 0.330 e. The van der Waals surface area contributed by atoms with Gasteiger partial charge in [0.15, 0.2) is 0 Å². The number of hydrogen-bond donors (Lipinski definition) is 1. The number of nitrogens with two attached hydrogens (primary N) is 1. The highest BCUT2D eigenvalue weighted by Gasteiger charge is 2.34. The first-order chi connectivity index (χ1) is 7.99. The first-order valence-corrected chi connectivity index (χ1v) is 8.42. The molecule has 1 aliphatic rings. The molecule has 1 aliphatic carbocycles. The molecular weight excluding hydrogens is 226 g/mol. The van der Waals surface area contributed by atoms with Gasteiger partial charge in [-0.05, 0) is 66.9 Å². The highest BCUT2D eigenvalue weighted by Crippen LogP contribution is 2.43. The lowest BCUT2D eigenvalue weighted by Gasteiger charge is -2.41. The van der Waals surface area contributed by atoms with Gasteiger partial charge in [-0.2, -0.15) is 11.8 Å². The summed E-state index contributed by atoms with van der Waals surface area (Å²) in [5.41, 5.74) is 6.43. The molecule has 0 aromatic rings. The molecule has 3 atom stereocenters. The predicted molar refractivity (Wildman–Crippen MR) is 80.4 cm³/mol. The Hall–Kier alpha value is 0.310. The molecule has 2 heteroatoms. The van der Waals surface area contributed by atoms with Gasteiger partial charge in [0, 0.05) is 0 Å². The molecule has 0 heterocycles. The van der Waals surface area contributed by atoms with Crippen LogP contribution in [-0.4, -0.2) is 18.1 Å². The standard InChI is InChI=1S/C15H31NS/c1-5-17-9-8-12-10-14(15(2,3)4)7-6-13(12)11-16/h12-14H,5-11,16H2,1-4H3. The molecule has 3 unspecified atom stereocenters. The molecule has 1 saturated carbocycles. The van der Waals surface area contributed by atoms with Gasteiger partial charge in [-0.1, -0.05) is 27.7 Å². The third-order valence-corrected chi connectivity index (χ3v) is 5.44. The van der Waals surface area contributed by atoms with Gasteiger partial charge in [0.2, 0.25) is 0 Å². The zero-order valence-electron chi connectivity index (χ0n) is 12.2. The molecule has 1 rings (SSSR count). The van der Waals surface area contributed by atoms with Crippen LogP contribution in [0.3, 0.4) is 0 Å². The maximum Gasteiger partial charge on any atom is -0.00462 e. The van der Waals surface area contributed by atoms with Crippen LogP contribution >= 0.6 is 11.8 Å². The van der Waals surface area contributed by atoms with E-state index in [0.717, 1.165) is 24.3 Å². The molecule has 0 aromatic carbocycles. The SMILES string of the molecule is CCSCCC1CC(C(C)(C)C)CCC1CN. The first kappa shape index (κ1) is 15.4. The lowest BCUT2D eigenvalue weighted by atomic mass is 9.65. The quantitative estimate of drug-likeness (QED) is 0.748. The number of rotatable bonds is 5. The number of hydrogen-bond acceptors (Lipinski definition) is 2. The summed E-state index contributed by atoms with van der Waals surface area (Å²) < 4.78 is 0. The molecule has 0 spiro atoms. The van der Waals surface area contributed by atoms with E-state index in [2.05, 4.69) is 39.5 Å². The van der Waals surface area contributed by atoms with Crippen LogP contribution in [0.1, 0.15) is 53.4 Å². The average molecular weight is 257 g/mol. The molecule has 17 heavy (non-hydrogen) atoms. The Balaban J connectivity index is 2.49. The average Bonchev–Trinajstić information content (AvgIpc) is 2.28. The van der Waals surface area contributed by atoms with E-state index in [-0.39, 0.29) is 0 Å². The molecule has 2 N–H and O–H groups in total. The van der Waals surface area contributed by atoms with Crippen molar-refractivity contribution < 1.29 is 0 Å². The van der Waals surface area contributed by atoms with E-state index in [1.54, 1.807) is 0 Å².